The summed E-state index contributed by atoms with van der Waals surface area (Å²) in [6, 6.07) is 25.5. The molecule has 2 N–H and O–H groups in total. The number of aromatic nitrogens is 1. The number of nitrogens with one attached hydrogen (secondary N) is 2. The van der Waals surface area contributed by atoms with E-state index in [1.165, 1.54) is 10.3 Å². The van der Waals surface area contributed by atoms with Crippen LogP contribution in [0.25, 0.3) is 10.2 Å². The highest BCUT2D eigenvalue weighted by Gasteiger charge is 2.12. The summed E-state index contributed by atoms with van der Waals surface area (Å²) < 4.78 is 1.21. The molecule has 0 spiro atoms. The van der Waals surface area contributed by atoms with Crippen molar-refractivity contribution in [3.05, 3.63) is 89.4 Å². The summed E-state index contributed by atoms with van der Waals surface area (Å²) in [5.74, 6) is -0.0669. The van der Waals surface area contributed by atoms with Crippen molar-refractivity contribution in [1.29, 1.82) is 0 Å². The molecule has 4 aromatic rings. The van der Waals surface area contributed by atoms with Crippen molar-refractivity contribution < 1.29 is 4.79 Å². The first kappa shape index (κ1) is 18.2. The van der Waals surface area contributed by atoms with Gasteiger partial charge in [-0.3, -0.25) is 4.79 Å². The van der Waals surface area contributed by atoms with Crippen LogP contribution in [0.15, 0.2) is 78.9 Å². The molecule has 5 heteroatoms. The summed E-state index contributed by atoms with van der Waals surface area (Å²) >= 11 is 1.72. The Morgan fingerprint density at radius 3 is 2.39 bits per heavy atom. The predicted octanol–water partition coefficient (Wildman–Crippen LogP) is 5.33. The molecule has 1 heterocycles. The van der Waals surface area contributed by atoms with Crippen LogP contribution in [0, 0.1) is 0 Å². The average molecular weight is 388 g/mol. The van der Waals surface area contributed by atoms with Crippen LogP contribution in [0.1, 0.15) is 17.5 Å². The smallest absolute Gasteiger partial charge is 0.246 e. The first-order chi connectivity index (χ1) is 13.7. The standard InChI is InChI=1S/C23H21N3OS/c1-16(24-18-7-3-2-4-8-18)23(27)25-19-13-11-17(12-14-19)15-22-26-20-9-5-6-10-21(20)28-22/h2-14,16,24H,15H2,1H3,(H,25,27). The van der Waals surface area contributed by atoms with Crippen LogP contribution in [0.3, 0.4) is 0 Å². The van der Waals surface area contributed by atoms with E-state index in [2.05, 4.69) is 21.7 Å². The maximum Gasteiger partial charge on any atom is 0.246 e. The Morgan fingerprint density at radius 1 is 0.929 bits per heavy atom. The van der Waals surface area contributed by atoms with E-state index in [0.29, 0.717) is 0 Å². The van der Waals surface area contributed by atoms with Crippen molar-refractivity contribution >= 4 is 38.8 Å². The van der Waals surface area contributed by atoms with Crippen LogP contribution >= 0.6 is 11.3 Å². The van der Waals surface area contributed by atoms with E-state index in [1.807, 2.05) is 79.7 Å². The fourth-order valence-corrected chi connectivity index (χ4v) is 3.98. The lowest BCUT2D eigenvalue weighted by Crippen LogP contribution is -2.31. The minimum atomic E-state index is -0.329. The topological polar surface area (TPSA) is 54.0 Å². The summed E-state index contributed by atoms with van der Waals surface area (Å²) in [7, 11) is 0. The SMILES string of the molecule is CC(Nc1ccccc1)C(=O)Nc1ccc(Cc2nc3ccccc3s2)cc1. The molecule has 0 bridgehead atoms. The van der Waals surface area contributed by atoms with E-state index in [0.717, 1.165) is 28.3 Å². The second-order valence-corrected chi connectivity index (χ2v) is 7.79. The summed E-state index contributed by atoms with van der Waals surface area (Å²) in [4.78, 5) is 17.1. The van der Waals surface area contributed by atoms with Gasteiger partial charge < -0.3 is 10.6 Å². The molecule has 0 aliphatic rings. The van der Waals surface area contributed by atoms with Gasteiger partial charge in [-0.05, 0) is 48.9 Å². The first-order valence-corrected chi connectivity index (χ1v) is 10.0. The number of fused-ring (bicyclic) bond motifs is 1. The molecular formula is C23H21N3OS. The molecular weight excluding hydrogens is 366 g/mol. The number of anilines is 2. The maximum absolute atomic E-state index is 12.4. The second kappa shape index (κ2) is 8.23. The number of thiazole rings is 1. The van der Waals surface area contributed by atoms with Gasteiger partial charge in [0.1, 0.15) is 6.04 Å². The molecule has 0 saturated heterocycles. The van der Waals surface area contributed by atoms with E-state index in [4.69, 9.17) is 0 Å². The van der Waals surface area contributed by atoms with Gasteiger partial charge in [-0.2, -0.15) is 0 Å². The molecule has 0 saturated carbocycles. The van der Waals surface area contributed by atoms with Crippen LogP contribution in [0.5, 0.6) is 0 Å². The Labute approximate surface area is 168 Å². The Morgan fingerprint density at radius 2 is 1.64 bits per heavy atom. The van der Waals surface area contributed by atoms with Gasteiger partial charge in [0.25, 0.3) is 0 Å². The molecule has 1 unspecified atom stereocenters. The number of hydrogen-bond acceptors (Lipinski definition) is 4. The number of rotatable bonds is 6. The number of amides is 1. The summed E-state index contributed by atoms with van der Waals surface area (Å²) in [5, 5.41) is 7.26. The van der Waals surface area contributed by atoms with Gasteiger partial charge in [0.05, 0.1) is 15.2 Å². The molecule has 0 radical (unpaired) electrons. The average Bonchev–Trinajstić information content (AvgIpc) is 3.12. The zero-order chi connectivity index (χ0) is 19.3. The minimum absolute atomic E-state index is 0.0669. The highest BCUT2D eigenvalue weighted by Crippen LogP contribution is 2.24. The lowest BCUT2D eigenvalue weighted by Gasteiger charge is -2.15. The molecule has 1 amide bonds. The van der Waals surface area contributed by atoms with Gasteiger partial charge in [0, 0.05) is 17.8 Å². The fraction of sp³-hybridized carbons (Fsp3) is 0.130. The molecule has 1 aromatic heterocycles. The Bertz CT molecular complexity index is 1040. The highest BCUT2D eigenvalue weighted by atomic mass is 32.1. The number of carbonyl (C=O) groups excluding carboxylic acids is 1. The third-order valence-electron chi connectivity index (χ3n) is 4.47. The highest BCUT2D eigenvalue weighted by molar-refractivity contribution is 7.18. The molecule has 0 aliphatic carbocycles. The van der Waals surface area contributed by atoms with E-state index in [9.17, 15) is 4.79 Å². The molecule has 0 aliphatic heterocycles. The summed E-state index contributed by atoms with van der Waals surface area (Å²) in [5.41, 5.74) is 3.94. The lowest BCUT2D eigenvalue weighted by atomic mass is 10.1. The monoisotopic (exact) mass is 387 g/mol. The van der Waals surface area contributed by atoms with Crippen molar-refractivity contribution in [3.8, 4) is 0 Å². The largest absolute Gasteiger partial charge is 0.374 e. The predicted molar refractivity (Wildman–Crippen MR) is 117 cm³/mol. The van der Waals surface area contributed by atoms with Gasteiger partial charge in [-0.1, -0.05) is 42.5 Å². The number of hydrogen-bond donors (Lipinski definition) is 2. The zero-order valence-corrected chi connectivity index (χ0v) is 16.4. The van der Waals surface area contributed by atoms with E-state index in [1.54, 1.807) is 11.3 Å². The second-order valence-electron chi connectivity index (χ2n) is 6.67. The van der Waals surface area contributed by atoms with Gasteiger partial charge in [-0.15, -0.1) is 11.3 Å². The van der Waals surface area contributed by atoms with Crippen molar-refractivity contribution in [1.82, 2.24) is 4.98 Å². The van der Waals surface area contributed by atoms with Crippen LogP contribution < -0.4 is 10.6 Å². The lowest BCUT2D eigenvalue weighted by molar-refractivity contribution is -0.116. The number of benzene rings is 3. The summed E-state index contributed by atoms with van der Waals surface area (Å²) in [6.45, 7) is 1.85. The van der Waals surface area contributed by atoms with Crippen molar-refractivity contribution in [2.75, 3.05) is 10.6 Å². The van der Waals surface area contributed by atoms with Crippen molar-refractivity contribution in [2.24, 2.45) is 0 Å². The van der Waals surface area contributed by atoms with Crippen LogP contribution in [-0.2, 0) is 11.2 Å². The Kier molecular flexibility index (Phi) is 5.35. The van der Waals surface area contributed by atoms with Crippen LogP contribution in [0.4, 0.5) is 11.4 Å². The maximum atomic E-state index is 12.4. The molecule has 3 aromatic carbocycles. The number of carbonyl (C=O) groups is 1. The molecule has 1 atom stereocenters. The first-order valence-electron chi connectivity index (χ1n) is 9.23. The molecule has 0 fully saturated rings. The molecule has 28 heavy (non-hydrogen) atoms. The Balaban J connectivity index is 1.36. The van der Waals surface area contributed by atoms with Crippen LogP contribution in [-0.4, -0.2) is 16.9 Å². The Hall–Kier alpha value is -3.18. The third-order valence-corrected chi connectivity index (χ3v) is 5.50. The van der Waals surface area contributed by atoms with Gasteiger partial charge in [0.15, 0.2) is 0 Å². The van der Waals surface area contributed by atoms with Crippen molar-refractivity contribution in [2.45, 2.75) is 19.4 Å². The van der Waals surface area contributed by atoms with E-state index >= 15 is 0 Å². The number of para-hydroxylation sites is 2. The van der Waals surface area contributed by atoms with Gasteiger partial charge in [-0.25, -0.2) is 4.98 Å². The quantitative estimate of drug-likeness (QED) is 0.470. The van der Waals surface area contributed by atoms with Crippen LogP contribution in [0.2, 0.25) is 0 Å². The molecule has 140 valence electrons. The third kappa shape index (κ3) is 4.38. The van der Waals surface area contributed by atoms with E-state index in [-0.39, 0.29) is 11.9 Å². The molecule has 4 nitrogen and oxygen atoms in total. The zero-order valence-electron chi connectivity index (χ0n) is 15.6. The molecule has 4 rings (SSSR count). The summed E-state index contributed by atoms with van der Waals surface area (Å²) in [6.07, 6.45) is 0.791. The fourth-order valence-electron chi connectivity index (χ4n) is 2.98. The normalized spacial score (nSPS) is 11.9. The van der Waals surface area contributed by atoms with Gasteiger partial charge in [0.2, 0.25) is 5.91 Å². The van der Waals surface area contributed by atoms with Gasteiger partial charge >= 0.3 is 0 Å². The van der Waals surface area contributed by atoms with E-state index < -0.39 is 0 Å². The minimum Gasteiger partial charge on any atom is -0.374 e. The van der Waals surface area contributed by atoms with Crippen molar-refractivity contribution in [3.63, 3.8) is 0 Å². The number of nitrogens with zero attached hydrogens (tertiary/aromatic N) is 1.